The molecule has 2 heteroatoms. The van der Waals surface area contributed by atoms with Crippen LogP contribution in [0.5, 0.6) is 0 Å². The largest absolute Gasteiger partial charge is 0.322 e. The average Bonchev–Trinajstić information content (AvgIpc) is 2.89. The normalized spacial score (nSPS) is 11.5. The van der Waals surface area contributed by atoms with Gasteiger partial charge in [0.25, 0.3) is 0 Å². The van der Waals surface area contributed by atoms with E-state index in [2.05, 4.69) is 66.5 Å². The average molecular weight is 241 g/mol. The molecule has 3 rings (SSSR count). The van der Waals surface area contributed by atoms with E-state index in [1.54, 1.807) is 11.3 Å². The highest BCUT2D eigenvalue weighted by Gasteiger charge is 2.03. The zero-order valence-corrected chi connectivity index (χ0v) is 10.9. The van der Waals surface area contributed by atoms with Crippen LogP contribution in [0, 0.1) is 0 Å². The quantitative estimate of drug-likeness (QED) is 0.606. The first kappa shape index (κ1) is 10.6. The first-order valence-corrected chi connectivity index (χ1v) is 6.77. The Hall–Kier alpha value is -1.54. The van der Waals surface area contributed by atoms with Gasteiger partial charge in [0.1, 0.15) is 0 Å². The van der Waals surface area contributed by atoms with Crippen LogP contribution in [0.2, 0.25) is 0 Å². The molecule has 2 heterocycles. The zero-order valence-electron chi connectivity index (χ0n) is 10.1. The van der Waals surface area contributed by atoms with Gasteiger partial charge in [0.2, 0.25) is 0 Å². The second-order valence-corrected chi connectivity index (χ2v) is 5.60. The highest BCUT2D eigenvalue weighted by atomic mass is 32.1. The Bertz CT molecular complexity index is 600. The molecule has 3 aromatic rings. The van der Waals surface area contributed by atoms with E-state index in [4.69, 9.17) is 0 Å². The number of nitrogens with zero attached hydrogens (tertiary/aromatic N) is 1. The van der Waals surface area contributed by atoms with E-state index in [1.807, 2.05) is 0 Å². The van der Waals surface area contributed by atoms with Gasteiger partial charge in [-0.15, -0.1) is 11.3 Å². The minimum absolute atomic E-state index is 0.595. The van der Waals surface area contributed by atoms with Crippen LogP contribution in [-0.2, 0) is 0 Å². The van der Waals surface area contributed by atoms with Crippen molar-refractivity contribution in [2.75, 3.05) is 0 Å². The highest BCUT2D eigenvalue weighted by molar-refractivity contribution is 7.17. The van der Waals surface area contributed by atoms with Crippen molar-refractivity contribution in [1.82, 2.24) is 4.57 Å². The van der Waals surface area contributed by atoms with Gasteiger partial charge in [-0.1, -0.05) is 26.0 Å². The number of rotatable bonds is 2. The summed E-state index contributed by atoms with van der Waals surface area (Å²) in [6, 6.07) is 11.0. The number of hydrogen-bond donors (Lipinski definition) is 0. The Kier molecular flexibility index (Phi) is 2.52. The molecule has 0 amide bonds. The Balaban J connectivity index is 2.01. The molecule has 0 unspecified atom stereocenters. The van der Waals surface area contributed by atoms with Crippen LogP contribution in [0.15, 0.2) is 48.1 Å². The van der Waals surface area contributed by atoms with Crippen LogP contribution in [0.1, 0.15) is 25.3 Å². The molecular formula is C15H15NS. The highest BCUT2D eigenvalue weighted by Crippen LogP contribution is 2.24. The Morgan fingerprint density at radius 2 is 1.76 bits per heavy atom. The first-order chi connectivity index (χ1) is 8.24. The molecule has 0 N–H and O–H groups in total. The summed E-state index contributed by atoms with van der Waals surface area (Å²) in [5.41, 5.74) is 2.63. The van der Waals surface area contributed by atoms with Gasteiger partial charge in [-0.2, -0.15) is 0 Å². The standard InChI is InChI=1S/C15H15NS/c1-11(2)12-3-5-14(6-4-12)16-9-13-7-8-17-15(13)10-16/h3-11H,1-2H3. The summed E-state index contributed by atoms with van der Waals surface area (Å²) in [6.45, 7) is 4.45. The molecule has 1 nitrogen and oxygen atoms in total. The second-order valence-electron chi connectivity index (χ2n) is 4.65. The lowest BCUT2D eigenvalue weighted by Gasteiger charge is -2.07. The van der Waals surface area contributed by atoms with E-state index in [0.29, 0.717) is 5.92 Å². The molecule has 0 aliphatic rings. The van der Waals surface area contributed by atoms with Crippen molar-refractivity contribution in [2.45, 2.75) is 19.8 Å². The fraction of sp³-hybridized carbons (Fsp3) is 0.200. The molecule has 0 saturated carbocycles. The molecule has 0 atom stereocenters. The molecule has 0 aliphatic carbocycles. The molecule has 17 heavy (non-hydrogen) atoms. The summed E-state index contributed by atoms with van der Waals surface area (Å²) in [5.74, 6) is 0.595. The zero-order chi connectivity index (χ0) is 11.8. The molecule has 86 valence electrons. The topological polar surface area (TPSA) is 4.93 Å². The lowest BCUT2D eigenvalue weighted by atomic mass is 10.0. The van der Waals surface area contributed by atoms with Crippen molar-refractivity contribution in [3.05, 3.63) is 53.7 Å². The maximum Gasteiger partial charge on any atom is 0.0523 e. The van der Waals surface area contributed by atoms with Crippen LogP contribution in [-0.4, -0.2) is 4.57 Å². The van der Waals surface area contributed by atoms with Gasteiger partial charge in [-0.3, -0.25) is 0 Å². The third kappa shape index (κ3) is 1.89. The second kappa shape index (κ2) is 4.04. The SMILES string of the molecule is CC(C)c1ccc(-n2cc3ccsc3c2)cc1. The summed E-state index contributed by atoms with van der Waals surface area (Å²) < 4.78 is 3.54. The van der Waals surface area contributed by atoms with Gasteiger partial charge in [0.15, 0.2) is 0 Å². The van der Waals surface area contributed by atoms with Crippen LogP contribution in [0.3, 0.4) is 0 Å². The summed E-state index contributed by atoms with van der Waals surface area (Å²) >= 11 is 1.79. The number of hydrogen-bond acceptors (Lipinski definition) is 1. The van der Waals surface area contributed by atoms with Gasteiger partial charge in [-0.05, 0) is 35.1 Å². The van der Waals surface area contributed by atoms with Crippen molar-refractivity contribution >= 4 is 21.4 Å². The monoisotopic (exact) mass is 241 g/mol. The number of thiophene rings is 1. The Morgan fingerprint density at radius 1 is 1.00 bits per heavy atom. The van der Waals surface area contributed by atoms with Crippen LogP contribution in [0.4, 0.5) is 0 Å². The predicted octanol–water partition coefficient (Wildman–Crippen LogP) is 4.82. The van der Waals surface area contributed by atoms with Crippen molar-refractivity contribution in [3.8, 4) is 5.69 Å². The van der Waals surface area contributed by atoms with Gasteiger partial charge in [0.05, 0.1) is 4.70 Å². The summed E-state index contributed by atoms with van der Waals surface area (Å²) in [6.07, 6.45) is 4.39. The lowest BCUT2D eigenvalue weighted by Crippen LogP contribution is -1.91. The smallest absolute Gasteiger partial charge is 0.0523 e. The minimum atomic E-state index is 0.595. The number of benzene rings is 1. The fourth-order valence-electron chi connectivity index (χ4n) is 2.04. The fourth-order valence-corrected chi connectivity index (χ4v) is 2.83. The third-order valence-electron chi connectivity index (χ3n) is 3.12. The van der Waals surface area contributed by atoms with Gasteiger partial charge >= 0.3 is 0 Å². The minimum Gasteiger partial charge on any atom is -0.322 e. The molecule has 0 saturated heterocycles. The van der Waals surface area contributed by atoms with Crippen LogP contribution >= 0.6 is 11.3 Å². The van der Waals surface area contributed by atoms with E-state index in [-0.39, 0.29) is 0 Å². The van der Waals surface area contributed by atoms with Gasteiger partial charge in [0, 0.05) is 23.5 Å². The van der Waals surface area contributed by atoms with E-state index < -0.39 is 0 Å². The first-order valence-electron chi connectivity index (χ1n) is 5.89. The molecular weight excluding hydrogens is 226 g/mol. The Labute approximate surface area is 105 Å². The molecule has 0 spiro atoms. The molecule has 1 aromatic carbocycles. The van der Waals surface area contributed by atoms with E-state index in [0.717, 1.165) is 0 Å². The van der Waals surface area contributed by atoms with Crippen LogP contribution in [0.25, 0.3) is 15.8 Å². The number of aromatic nitrogens is 1. The van der Waals surface area contributed by atoms with Crippen molar-refractivity contribution in [3.63, 3.8) is 0 Å². The number of fused-ring (bicyclic) bond motifs is 1. The Morgan fingerprint density at radius 3 is 2.41 bits per heavy atom. The van der Waals surface area contributed by atoms with Gasteiger partial charge in [-0.25, -0.2) is 0 Å². The molecule has 0 aliphatic heterocycles. The predicted molar refractivity (Wildman–Crippen MR) is 75.2 cm³/mol. The van der Waals surface area contributed by atoms with Crippen molar-refractivity contribution in [2.24, 2.45) is 0 Å². The van der Waals surface area contributed by atoms with E-state index in [1.165, 1.54) is 21.3 Å². The molecule has 0 bridgehead atoms. The van der Waals surface area contributed by atoms with Crippen molar-refractivity contribution < 1.29 is 0 Å². The van der Waals surface area contributed by atoms with Gasteiger partial charge < -0.3 is 4.57 Å². The summed E-state index contributed by atoms with van der Waals surface area (Å²) in [7, 11) is 0. The maximum absolute atomic E-state index is 2.22. The molecule has 2 aromatic heterocycles. The van der Waals surface area contributed by atoms with Crippen molar-refractivity contribution in [1.29, 1.82) is 0 Å². The van der Waals surface area contributed by atoms with E-state index >= 15 is 0 Å². The molecule has 0 fully saturated rings. The third-order valence-corrected chi connectivity index (χ3v) is 3.99. The maximum atomic E-state index is 2.22. The van der Waals surface area contributed by atoms with Crippen LogP contribution < -0.4 is 0 Å². The lowest BCUT2D eigenvalue weighted by molar-refractivity contribution is 0.865. The summed E-state index contributed by atoms with van der Waals surface area (Å²) in [4.78, 5) is 0. The molecule has 0 radical (unpaired) electrons. The summed E-state index contributed by atoms with van der Waals surface area (Å²) in [5, 5.41) is 3.46. The van der Waals surface area contributed by atoms with E-state index in [9.17, 15) is 0 Å².